The van der Waals surface area contributed by atoms with Gasteiger partial charge in [-0.2, -0.15) is 6.10 Å². The van der Waals surface area contributed by atoms with Gasteiger partial charge in [-0.15, -0.1) is 6.42 Å². The number of ether oxygens (including phenoxy) is 4. The third-order valence-corrected chi connectivity index (χ3v) is 3.57. The Bertz CT molecular complexity index is 235. The largest absolute Gasteiger partial charge is 0.548 e. The van der Waals surface area contributed by atoms with Crippen LogP contribution in [0.25, 0.3) is 0 Å². The van der Waals surface area contributed by atoms with Crippen molar-refractivity contribution < 1.29 is 56.0 Å². The third-order valence-electron chi connectivity index (χ3n) is 3.57. The Balaban J connectivity index is 0. The summed E-state index contributed by atoms with van der Waals surface area (Å²) < 4.78 is 22.2. The molecule has 21 heavy (non-hydrogen) atoms. The molecule has 0 radical (unpaired) electrons. The Kier molecular flexibility index (Phi) is 13.5. The van der Waals surface area contributed by atoms with Crippen molar-refractivity contribution in [3.63, 3.8) is 0 Å². The molecule has 2 unspecified atom stereocenters. The van der Waals surface area contributed by atoms with Gasteiger partial charge < -0.3 is 34.3 Å². The molecule has 3 heterocycles. The molecule has 0 amide bonds. The SMILES string of the molecule is CO.CO.CO.COC1(C2([C-]3CCO3)CCO2)CCO1.[Ti]. The summed E-state index contributed by atoms with van der Waals surface area (Å²) in [4.78, 5) is 0. The van der Waals surface area contributed by atoms with E-state index in [2.05, 4.69) is 0 Å². The molecule has 3 saturated heterocycles. The fraction of sp³-hybridized carbons (Fsp3) is 0.923. The van der Waals surface area contributed by atoms with Crippen molar-refractivity contribution in [3.05, 3.63) is 6.10 Å². The number of hydrogen-bond donors (Lipinski definition) is 3. The molecule has 3 aliphatic heterocycles. The molecule has 0 bridgehead atoms. The van der Waals surface area contributed by atoms with Crippen LogP contribution in [0.2, 0.25) is 0 Å². The van der Waals surface area contributed by atoms with Gasteiger partial charge in [0.15, 0.2) is 5.79 Å². The standard InChI is InChI=1S/C10H15O4.3CH4O.Ti/c1-11-10(4-7-14-10)9(3-6-13-9)8-2-5-12-8;3*1-2;/h2-7H2,1H3;3*2H,1H3;/q-1;;;;. The maximum Gasteiger partial charge on any atom is 0.173 e. The van der Waals surface area contributed by atoms with Crippen molar-refractivity contribution in [3.8, 4) is 0 Å². The van der Waals surface area contributed by atoms with Crippen LogP contribution in [0.1, 0.15) is 19.3 Å². The van der Waals surface area contributed by atoms with Crippen molar-refractivity contribution in [2.75, 3.05) is 48.3 Å². The molecular formula is C13H27O7Ti-. The summed E-state index contributed by atoms with van der Waals surface area (Å²) in [6, 6.07) is 0. The number of hydrogen-bond acceptors (Lipinski definition) is 7. The summed E-state index contributed by atoms with van der Waals surface area (Å²) in [6.45, 7) is 2.34. The van der Waals surface area contributed by atoms with Gasteiger partial charge in [0.1, 0.15) is 0 Å². The van der Waals surface area contributed by atoms with E-state index < -0.39 is 11.4 Å². The fourth-order valence-corrected chi connectivity index (χ4v) is 2.49. The Morgan fingerprint density at radius 3 is 1.48 bits per heavy atom. The normalized spacial score (nSPS) is 32.7. The van der Waals surface area contributed by atoms with Crippen LogP contribution in [0.5, 0.6) is 0 Å². The average molecular weight is 343 g/mol. The van der Waals surface area contributed by atoms with E-state index in [1.54, 1.807) is 7.11 Å². The van der Waals surface area contributed by atoms with Crippen molar-refractivity contribution in [1.29, 1.82) is 0 Å². The van der Waals surface area contributed by atoms with Crippen LogP contribution >= 0.6 is 0 Å². The quantitative estimate of drug-likeness (QED) is 0.477. The van der Waals surface area contributed by atoms with Gasteiger partial charge in [-0.05, 0) is 13.0 Å². The molecule has 2 atom stereocenters. The maximum atomic E-state index is 7.00. The Labute approximate surface area is 141 Å². The molecule has 3 N–H and O–H groups in total. The maximum absolute atomic E-state index is 7.00. The summed E-state index contributed by atoms with van der Waals surface area (Å²) >= 11 is 0. The predicted molar refractivity (Wildman–Crippen MR) is 71.8 cm³/mol. The Hall–Kier alpha value is 0.434. The van der Waals surface area contributed by atoms with Crippen molar-refractivity contribution >= 4 is 0 Å². The zero-order valence-electron chi connectivity index (χ0n) is 13.2. The van der Waals surface area contributed by atoms with Crippen molar-refractivity contribution in [2.45, 2.75) is 30.7 Å². The molecule has 0 aromatic rings. The predicted octanol–water partition coefficient (Wildman–Crippen LogP) is -0.316. The second-order valence-electron chi connectivity index (χ2n) is 4.00. The van der Waals surface area contributed by atoms with E-state index in [4.69, 9.17) is 34.3 Å². The first-order chi connectivity index (χ1) is 9.83. The van der Waals surface area contributed by atoms with Gasteiger partial charge in [-0.25, -0.2) is 0 Å². The minimum absolute atomic E-state index is 0. The molecule has 7 nitrogen and oxygen atoms in total. The van der Waals surface area contributed by atoms with Gasteiger partial charge in [-0.3, -0.25) is 0 Å². The smallest absolute Gasteiger partial charge is 0.173 e. The van der Waals surface area contributed by atoms with Crippen molar-refractivity contribution in [1.82, 2.24) is 0 Å². The van der Waals surface area contributed by atoms with E-state index in [0.29, 0.717) is 0 Å². The monoisotopic (exact) mass is 343 g/mol. The number of aliphatic hydroxyl groups excluding tert-OH is 3. The molecular weight excluding hydrogens is 316 g/mol. The molecule has 3 fully saturated rings. The van der Waals surface area contributed by atoms with E-state index in [-0.39, 0.29) is 21.7 Å². The average Bonchev–Trinajstić information content (AvgIpc) is 2.40. The van der Waals surface area contributed by atoms with E-state index in [9.17, 15) is 0 Å². The number of rotatable bonds is 3. The van der Waals surface area contributed by atoms with Gasteiger partial charge in [0.25, 0.3) is 0 Å². The van der Waals surface area contributed by atoms with Crippen LogP contribution in [-0.2, 0) is 40.7 Å². The van der Waals surface area contributed by atoms with Crippen LogP contribution in [-0.4, -0.2) is 75.0 Å². The molecule has 0 aromatic carbocycles. The van der Waals surface area contributed by atoms with Crippen LogP contribution in [0.4, 0.5) is 0 Å². The summed E-state index contributed by atoms with van der Waals surface area (Å²) in [5.74, 6) is -0.555. The van der Waals surface area contributed by atoms with Crippen LogP contribution in [0.15, 0.2) is 0 Å². The Morgan fingerprint density at radius 2 is 1.33 bits per heavy atom. The Morgan fingerprint density at radius 1 is 0.905 bits per heavy atom. The minimum Gasteiger partial charge on any atom is -0.548 e. The summed E-state index contributed by atoms with van der Waals surface area (Å²) in [6.07, 6.45) is 3.85. The molecule has 0 saturated carbocycles. The van der Waals surface area contributed by atoms with Gasteiger partial charge in [0, 0.05) is 68.8 Å². The number of methoxy groups -OCH3 is 1. The van der Waals surface area contributed by atoms with Crippen LogP contribution < -0.4 is 0 Å². The van der Waals surface area contributed by atoms with E-state index >= 15 is 0 Å². The van der Waals surface area contributed by atoms with Gasteiger partial charge in [0.2, 0.25) is 0 Å². The fourth-order valence-electron chi connectivity index (χ4n) is 2.49. The summed E-state index contributed by atoms with van der Waals surface area (Å²) in [5.41, 5.74) is -0.391. The molecule has 3 rings (SSSR count). The summed E-state index contributed by atoms with van der Waals surface area (Å²) in [7, 11) is 4.68. The van der Waals surface area contributed by atoms with Gasteiger partial charge >= 0.3 is 0 Å². The second-order valence-corrected chi connectivity index (χ2v) is 4.00. The molecule has 0 spiro atoms. The van der Waals surface area contributed by atoms with E-state index in [0.717, 1.165) is 66.5 Å². The first-order valence-corrected chi connectivity index (χ1v) is 6.49. The number of aliphatic hydroxyl groups is 3. The molecule has 3 aliphatic rings. The molecule has 126 valence electrons. The summed E-state index contributed by atoms with van der Waals surface area (Å²) in [5, 5.41) is 21.0. The molecule has 0 aliphatic carbocycles. The minimum atomic E-state index is -0.555. The first kappa shape index (κ1) is 23.7. The third kappa shape index (κ3) is 4.25. The molecule has 0 aromatic heterocycles. The van der Waals surface area contributed by atoms with Crippen LogP contribution in [0, 0.1) is 6.10 Å². The topological polar surface area (TPSA) is 97.6 Å². The van der Waals surface area contributed by atoms with Gasteiger partial charge in [-0.1, -0.05) is 0 Å². The van der Waals surface area contributed by atoms with E-state index in [1.807, 2.05) is 0 Å². The second kappa shape index (κ2) is 11.9. The zero-order valence-corrected chi connectivity index (χ0v) is 14.8. The molecule has 8 heteroatoms. The van der Waals surface area contributed by atoms with Crippen LogP contribution in [0.3, 0.4) is 0 Å². The first-order valence-electron chi connectivity index (χ1n) is 6.49. The van der Waals surface area contributed by atoms with Gasteiger partial charge in [0.05, 0.1) is 6.61 Å². The van der Waals surface area contributed by atoms with E-state index in [1.165, 1.54) is 0 Å². The van der Waals surface area contributed by atoms with Crippen molar-refractivity contribution in [2.24, 2.45) is 0 Å². The zero-order chi connectivity index (χ0) is 15.6.